The maximum atomic E-state index is 13.5. The van der Waals surface area contributed by atoms with E-state index in [4.69, 9.17) is 0 Å². The summed E-state index contributed by atoms with van der Waals surface area (Å²) < 4.78 is 16.7. The van der Waals surface area contributed by atoms with Crippen molar-refractivity contribution in [1.29, 1.82) is 0 Å². The number of amides is 1. The van der Waals surface area contributed by atoms with Gasteiger partial charge in [0.25, 0.3) is 0 Å². The number of nitrogens with one attached hydrogen (secondary N) is 1. The summed E-state index contributed by atoms with van der Waals surface area (Å²) in [4.78, 5) is 24.4. The van der Waals surface area contributed by atoms with Gasteiger partial charge in [-0.25, -0.2) is 9.18 Å². The Bertz CT molecular complexity index is 996. The van der Waals surface area contributed by atoms with Gasteiger partial charge in [-0.05, 0) is 23.8 Å². The normalized spacial score (nSPS) is 11.0. The van der Waals surface area contributed by atoms with Gasteiger partial charge in [-0.15, -0.1) is 0 Å². The Kier molecular flexibility index (Phi) is 6.34. The van der Waals surface area contributed by atoms with Crippen LogP contribution in [0.25, 0.3) is 11.0 Å². The molecule has 1 N–H and O–H groups in total. The minimum absolute atomic E-state index is 0.0960. The number of hydrogen-bond acceptors (Lipinski definition) is 3. The second kappa shape index (κ2) is 8.90. The first-order valence-corrected chi connectivity index (χ1v) is 9.95. The lowest BCUT2D eigenvalue weighted by atomic mass is 10.2. The molecule has 5 nitrogen and oxygen atoms in total. The Labute approximate surface area is 161 Å². The number of benzene rings is 2. The van der Waals surface area contributed by atoms with Crippen molar-refractivity contribution in [2.75, 3.05) is 12.3 Å². The molecular weight excluding hydrogens is 365 g/mol. The molecule has 0 spiro atoms. The van der Waals surface area contributed by atoms with E-state index < -0.39 is 0 Å². The Morgan fingerprint density at radius 1 is 1.11 bits per heavy atom. The topological polar surface area (TPSA) is 56.0 Å². The predicted molar refractivity (Wildman–Crippen MR) is 107 cm³/mol. The molecule has 0 unspecified atom stereocenters. The average Bonchev–Trinajstić information content (AvgIpc) is 2.92. The van der Waals surface area contributed by atoms with Gasteiger partial charge < -0.3 is 5.32 Å². The zero-order valence-corrected chi connectivity index (χ0v) is 16.0. The Morgan fingerprint density at radius 2 is 1.81 bits per heavy atom. The van der Waals surface area contributed by atoms with Crippen molar-refractivity contribution in [3.63, 3.8) is 0 Å². The van der Waals surface area contributed by atoms with Crippen LogP contribution in [0.15, 0.2) is 53.3 Å². The van der Waals surface area contributed by atoms with Gasteiger partial charge in [0.2, 0.25) is 5.91 Å². The molecule has 3 rings (SSSR count). The van der Waals surface area contributed by atoms with Crippen LogP contribution < -0.4 is 11.0 Å². The number of nitrogens with zero attached hydrogens (tertiary/aromatic N) is 2. The fourth-order valence-corrected chi connectivity index (χ4v) is 3.79. The first-order valence-electron chi connectivity index (χ1n) is 8.80. The van der Waals surface area contributed by atoms with Crippen molar-refractivity contribution in [2.24, 2.45) is 7.05 Å². The number of halogens is 1. The third-order valence-electron chi connectivity index (χ3n) is 4.40. The summed E-state index contributed by atoms with van der Waals surface area (Å²) in [6.45, 7) is 0.858. The van der Waals surface area contributed by atoms with Crippen LogP contribution in [-0.4, -0.2) is 27.3 Å². The third-order valence-corrected chi connectivity index (χ3v) is 5.41. The molecule has 7 heteroatoms. The van der Waals surface area contributed by atoms with Gasteiger partial charge in [-0.2, -0.15) is 11.8 Å². The fraction of sp³-hybridized carbons (Fsp3) is 0.300. The van der Waals surface area contributed by atoms with E-state index in [9.17, 15) is 14.0 Å². The fourth-order valence-electron chi connectivity index (χ4n) is 2.94. The van der Waals surface area contributed by atoms with Crippen LogP contribution in [0.1, 0.15) is 12.0 Å². The number of thioether (sulfide) groups is 1. The largest absolute Gasteiger partial charge is 0.355 e. The predicted octanol–water partition coefficient (Wildman–Crippen LogP) is 2.92. The van der Waals surface area contributed by atoms with E-state index >= 15 is 0 Å². The summed E-state index contributed by atoms with van der Waals surface area (Å²) in [7, 11) is 1.73. The molecule has 2 aromatic carbocycles. The molecule has 0 saturated carbocycles. The lowest BCUT2D eigenvalue weighted by molar-refractivity contribution is -0.121. The summed E-state index contributed by atoms with van der Waals surface area (Å²) in [5, 5.41) is 2.85. The van der Waals surface area contributed by atoms with Gasteiger partial charge in [0.1, 0.15) is 5.82 Å². The summed E-state index contributed by atoms with van der Waals surface area (Å²) in [6.07, 6.45) is 0.242. The van der Waals surface area contributed by atoms with Crippen LogP contribution >= 0.6 is 11.8 Å². The van der Waals surface area contributed by atoms with Crippen LogP contribution in [0.2, 0.25) is 0 Å². The van der Waals surface area contributed by atoms with Crippen LogP contribution in [0.5, 0.6) is 0 Å². The number of aromatic nitrogens is 2. The summed E-state index contributed by atoms with van der Waals surface area (Å²) in [6, 6.07) is 14.2. The van der Waals surface area contributed by atoms with Crippen molar-refractivity contribution in [3.8, 4) is 0 Å². The zero-order chi connectivity index (χ0) is 19.2. The minimum atomic E-state index is -0.199. The SMILES string of the molecule is Cn1c(=O)n(CCC(=O)NCCSCc2ccccc2F)c2ccccc21. The molecule has 1 aromatic heterocycles. The number of hydrogen-bond donors (Lipinski definition) is 1. The third kappa shape index (κ3) is 4.60. The average molecular weight is 387 g/mol. The standard InChI is InChI=1S/C20H22FN3O2S/c1-23-17-8-4-5-9-18(17)24(20(23)26)12-10-19(25)22-11-13-27-14-15-6-2-3-7-16(15)21/h2-9H,10-14H2,1H3,(H,22,25). The molecule has 0 aliphatic carbocycles. The van der Waals surface area contributed by atoms with Crippen LogP contribution in [0, 0.1) is 5.82 Å². The molecular formula is C20H22FN3O2S. The van der Waals surface area contributed by atoms with E-state index in [1.54, 1.807) is 40.1 Å². The number of imidazole rings is 1. The molecule has 142 valence electrons. The molecule has 27 heavy (non-hydrogen) atoms. The second-order valence-electron chi connectivity index (χ2n) is 6.23. The lowest BCUT2D eigenvalue weighted by Crippen LogP contribution is -2.29. The Hall–Kier alpha value is -2.54. The lowest BCUT2D eigenvalue weighted by Gasteiger charge is -2.07. The monoisotopic (exact) mass is 387 g/mol. The van der Waals surface area contributed by atoms with Crippen molar-refractivity contribution >= 4 is 28.7 Å². The van der Waals surface area contributed by atoms with Gasteiger partial charge in [-0.1, -0.05) is 30.3 Å². The number of aryl methyl sites for hydroxylation is 2. The molecule has 0 atom stereocenters. The van der Waals surface area contributed by atoms with E-state index in [0.717, 1.165) is 11.0 Å². The number of carbonyl (C=O) groups excluding carboxylic acids is 1. The van der Waals surface area contributed by atoms with E-state index in [1.165, 1.54) is 6.07 Å². The molecule has 0 bridgehead atoms. The van der Waals surface area contributed by atoms with E-state index in [0.29, 0.717) is 30.2 Å². The summed E-state index contributed by atoms with van der Waals surface area (Å²) in [5.74, 6) is 0.985. The van der Waals surface area contributed by atoms with Crippen molar-refractivity contribution in [3.05, 3.63) is 70.4 Å². The number of rotatable bonds is 8. The summed E-state index contributed by atoms with van der Waals surface area (Å²) >= 11 is 1.57. The van der Waals surface area contributed by atoms with E-state index in [-0.39, 0.29) is 23.8 Å². The highest BCUT2D eigenvalue weighted by Crippen LogP contribution is 2.15. The molecule has 0 aliphatic rings. The van der Waals surface area contributed by atoms with Gasteiger partial charge in [0.15, 0.2) is 0 Å². The van der Waals surface area contributed by atoms with Gasteiger partial charge in [-0.3, -0.25) is 13.9 Å². The molecule has 0 saturated heterocycles. The van der Waals surface area contributed by atoms with Crippen LogP contribution in [-0.2, 0) is 24.1 Å². The van der Waals surface area contributed by atoms with Crippen molar-refractivity contribution < 1.29 is 9.18 Å². The molecule has 1 amide bonds. The molecule has 0 radical (unpaired) electrons. The highest BCUT2D eigenvalue weighted by Gasteiger charge is 2.11. The first kappa shape index (κ1) is 19.2. The second-order valence-corrected chi connectivity index (χ2v) is 7.33. The molecule has 0 aliphatic heterocycles. The Balaban J connectivity index is 1.44. The highest BCUT2D eigenvalue weighted by atomic mass is 32.2. The number of carbonyl (C=O) groups is 1. The van der Waals surface area contributed by atoms with Gasteiger partial charge in [0.05, 0.1) is 11.0 Å². The Morgan fingerprint density at radius 3 is 2.59 bits per heavy atom. The van der Waals surface area contributed by atoms with E-state index in [1.807, 2.05) is 30.3 Å². The number of fused-ring (bicyclic) bond motifs is 1. The molecule has 0 fully saturated rings. The molecule has 3 aromatic rings. The maximum Gasteiger partial charge on any atom is 0.328 e. The highest BCUT2D eigenvalue weighted by molar-refractivity contribution is 7.98. The summed E-state index contributed by atoms with van der Waals surface area (Å²) in [5.41, 5.74) is 2.24. The van der Waals surface area contributed by atoms with Crippen molar-refractivity contribution in [1.82, 2.24) is 14.5 Å². The smallest absolute Gasteiger partial charge is 0.328 e. The molecule has 1 heterocycles. The minimum Gasteiger partial charge on any atom is -0.355 e. The van der Waals surface area contributed by atoms with E-state index in [2.05, 4.69) is 5.32 Å². The maximum absolute atomic E-state index is 13.5. The van der Waals surface area contributed by atoms with Crippen LogP contribution in [0.4, 0.5) is 4.39 Å². The first-order chi connectivity index (χ1) is 13.1. The quantitative estimate of drug-likeness (QED) is 0.605. The van der Waals surface area contributed by atoms with Crippen molar-refractivity contribution in [2.45, 2.75) is 18.7 Å². The number of para-hydroxylation sites is 2. The van der Waals surface area contributed by atoms with Crippen LogP contribution in [0.3, 0.4) is 0 Å². The van der Waals surface area contributed by atoms with Gasteiger partial charge in [0, 0.05) is 38.1 Å². The van der Waals surface area contributed by atoms with Gasteiger partial charge >= 0.3 is 5.69 Å². The zero-order valence-electron chi connectivity index (χ0n) is 15.2.